The van der Waals surface area contributed by atoms with E-state index in [0.717, 1.165) is 5.56 Å². The molecule has 1 heterocycles. The van der Waals surface area contributed by atoms with Gasteiger partial charge in [-0.1, -0.05) is 0 Å². The van der Waals surface area contributed by atoms with Crippen molar-refractivity contribution in [1.82, 2.24) is 5.32 Å². The third-order valence-electron chi connectivity index (χ3n) is 2.72. The first-order valence-corrected chi connectivity index (χ1v) is 5.78. The second-order valence-electron chi connectivity index (χ2n) is 3.82. The number of hydrogen-bond donors (Lipinski definition) is 2. The van der Waals surface area contributed by atoms with E-state index in [9.17, 15) is 4.39 Å². The van der Waals surface area contributed by atoms with Crippen molar-refractivity contribution in [1.29, 1.82) is 0 Å². The molecule has 1 aromatic carbocycles. The Morgan fingerprint density at radius 1 is 1.41 bits per heavy atom. The van der Waals surface area contributed by atoms with Crippen LogP contribution in [0, 0.1) is 5.82 Å². The van der Waals surface area contributed by atoms with Gasteiger partial charge in [-0.25, -0.2) is 4.39 Å². The number of hydrogen-bond acceptors (Lipinski definition) is 4. The molecule has 0 fully saturated rings. The molecule has 0 saturated heterocycles. The van der Waals surface area contributed by atoms with E-state index >= 15 is 0 Å². The van der Waals surface area contributed by atoms with Crippen molar-refractivity contribution in [2.75, 3.05) is 13.2 Å². The maximum atomic E-state index is 14.3. The van der Waals surface area contributed by atoms with Crippen molar-refractivity contribution in [3.05, 3.63) is 23.0 Å². The molecule has 1 unspecified atom stereocenters. The molecule has 1 aromatic rings. The normalized spacial score (nSPS) is 18.0. The number of nitrogens with two attached hydrogens (primary N) is 1. The van der Waals surface area contributed by atoms with Crippen LogP contribution in [0.15, 0.2) is 6.07 Å². The first kappa shape index (κ1) is 12.1. The second kappa shape index (κ2) is 4.89. The maximum absolute atomic E-state index is 14.3. The Morgan fingerprint density at radius 2 is 2.12 bits per heavy atom. The monoisotopic (exact) mass is 240 g/mol. The molecule has 0 aliphatic carbocycles. The van der Waals surface area contributed by atoms with Gasteiger partial charge in [-0.3, -0.25) is 5.32 Å². The molecule has 0 spiro atoms. The standard InChI is InChI=1S/C12H17FN2O2/c1-3-16-8-5-7-6-15-12(14)9(7)10(13)11(8)17-4-2/h5,12,15H,3-4,6,14H2,1-2H3. The van der Waals surface area contributed by atoms with Crippen molar-refractivity contribution >= 4 is 0 Å². The van der Waals surface area contributed by atoms with Crippen molar-refractivity contribution in [2.24, 2.45) is 5.73 Å². The lowest BCUT2D eigenvalue weighted by Crippen LogP contribution is -2.21. The molecule has 0 radical (unpaired) electrons. The van der Waals surface area contributed by atoms with Gasteiger partial charge < -0.3 is 15.2 Å². The average molecular weight is 240 g/mol. The zero-order valence-corrected chi connectivity index (χ0v) is 10.0. The SMILES string of the molecule is CCOc1cc2c(c(F)c1OCC)C(N)NC2. The molecule has 1 aliphatic heterocycles. The van der Waals surface area contributed by atoms with Crippen molar-refractivity contribution < 1.29 is 13.9 Å². The van der Waals surface area contributed by atoms with Crippen LogP contribution < -0.4 is 20.5 Å². The molecule has 0 aromatic heterocycles. The predicted octanol–water partition coefficient (Wildman–Crippen LogP) is 1.68. The van der Waals surface area contributed by atoms with Crippen LogP contribution >= 0.6 is 0 Å². The minimum Gasteiger partial charge on any atom is -0.490 e. The van der Waals surface area contributed by atoms with Gasteiger partial charge >= 0.3 is 0 Å². The Kier molecular flexibility index (Phi) is 3.49. The summed E-state index contributed by atoms with van der Waals surface area (Å²) < 4.78 is 25.0. The predicted molar refractivity (Wildman–Crippen MR) is 62.5 cm³/mol. The summed E-state index contributed by atoms with van der Waals surface area (Å²) in [7, 11) is 0. The number of benzene rings is 1. The first-order valence-electron chi connectivity index (χ1n) is 5.78. The van der Waals surface area contributed by atoms with Gasteiger partial charge in [0.25, 0.3) is 0 Å². The summed E-state index contributed by atoms with van der Waals surface area (Å²) in [6.07, 6.45) is -0.472. The maximum Gasteiger partial charge on any atom is 0.197 e. The topological polar surface area (TPSA) is 56.5 Å². The van der Waals surface area contributed by atoms with Crippen molar-refractivity contribution in [3.8, 4) is 11.5 Å². The quantitative estimate of drug-likeness (QED) is 0.840. The van der Waals surface area contributed by atoms with Crippen molar-refractivity contribution in [3.63, 3.8) is 0 Å². The summed E-state index contributed by atoms with van der Waals surface area (Å²) in [5, 5.41) is 2.99. The molecule has 2 rings (SSSR count). The summed E-state index contributed by atoms with van der Waals surface area (Å²) in [5.41, 5.74) is 7.11. The minimum atomic E-state index is -0.472. The molecule has 1 atom stereocenters. The van der Waals surface area contributed by atoms with E-state index in [2.05, 4.69) is 5.32 Å². The smallest absolute Gasteiger partial charge is 0.197 e. The fourth-order valence-electron chi connectivity index (χ4n) is 2.02. The number of nitrogens with one attached hydrogen (secondary N) is 1. The highest BCUT2D eigenvalue weighted by molar-refractivity contribution is 5.51. The number of ether oxygens (including phenoxy) is 2. The van der Waals surface area contributed by atoms with Gasteiger partial charge in [0.05, 0.1) is 19.4 Å². The van der Waals surface area contributed by atoms with E-state index in [1.165, 1.54) is 0 Å². The lowest BCUT2D eigenvalue weighted by atomic mass is 10.1. The van der Waals surface area contributed by atoms with E-state index in [0.29, 0.717) is 31.1 Å². The molecule has 17 heavy (non-hydrogen) atoms. The molecule has 0 bridgehead atoms. The summed E-state index contributed by atoms with van der Waals surface area (Å²) >= 11 is 0. The largest absolute Gasteiger partial charge is 0.490 e. The number of halogens is 1. The van der Waals surface area contributed by atoms with Crippen molar-refractivity contribution in [2.45, 2.75) is 26.6 Å². The van der Waals surface area contributed by atoms with E-state index in [1.54, 1.807) is 13.0 Å². The third kappa shape index (κ3) is 2.08. The van der Waals surface area contributed by atoms with E-state index in [1.807, 2.05) is 6.92 Å². The minimum absolute atomic E-state index is 0.159. The molecule has 0 saturated carbocycles. The van der Waals surface area contributed by atoms with Gasteiger partial charge in [0.1, 0.15) is 0 Å². The van der Waals surface area contributed by atoms with E-state index < -0.39 is 12.0 Å². The van der Waals surface area contributed by atoms with E-state index in [4.69, 9.17) is 15.2 Å². The molecular formula is C12H17FN2O2. The van der Waals surface area contributed by atoms with Crippen LogP contribution in [0.4, 0.5) is 4.39 Å². The Morgan fingerprint density at radius 3 is 2.76 bits per heavy atom. The molecule has 0 amide bonds. The summed E-state index contributed by atoms with van der Waals surface area (Å²) in [6.45, 7) is 5.07. The van der Waals surface area contributed by atoms with Gasteiger partial charge in [0.2, 0.25) is 0 Å². The van der Waals surface area contributed by atoms with Gasteiger partial charge in [-0.2, -0.15) is 0 Å². The molecule has 5 heteroatoms. The highest BCUT2D eigenvalue weighted by Crippen LogP contribution is 2.38. The van der Waals surface area contributed by atoms with Crippen LogP contribution in [0.3, 0.4) is 0 Å². The fourth-order valence-corrected chi connectivity index (χ4v) is 2.02. The Balaban J connectivity index is 2.51. The molecular weight excluding hydrogens is 223 g/mol. The van der Waals surface area contributed by atoms with Gasteiger partial charge in [0, 0.05) is 12.1 Å². The van der Waals surface area contributed by atoms with Gasteiger partial charge in [-0.05, 0) is 25.5 Å². The van der Waals surface area contributed by atoms with Crippen LogP contribution in [0.1, 0.15) is 31.1 Å². The van der Waals surface area contributed by atoms with Gasteiger partial charge in [0.15, 0.2) is 17.3 Å². The van der Waals surface area contributed by atoms with Crippen LogP contribution in [0.2, 0.25) is 0 Å². The summed E-state index contributed by atoms with van der Waals surface area (Å²) in [4.78, 5) is 0. The van der Waals surface area contributed by atoms with Crippen LogP contribution in [-0.4, -0.2) is 13.2 Å². The Hall–Kier alpha value is -1.33. The molecule has 94 valence electrons. The van der Waals surface area contributed by atoms with Crippen LogP contribution in [0.25, 0.3) is 0 Å². The lowest BCUT2D eigenvalue weighted by molar-refractivity contribution is 0.274. The highest BCUT2D eigenvalue weighted by Gasteiger charge is 2.28. The number of fused-ring (bicyclic) bond motifs is 1. The Labute approximate surface area is 99.9 Å². The fraction of sp³-hybridized carbons (Fsp3) is 0.500. The molecule has 4 nitrogen and oxygen atoms in total. The lowest BCUT2D eigenvalue weighted by Gasteiger charge is -2.15. The highest BCUT2D eigenvalue weighted by atomic mass is 19.1. The van der Waals surface area contributed by atoms with E-state index in [-0.39, 0.29) is 5.75 Å². The zero-order valence-electron chi connectivity index (χ0n) is 10.0. The second-order valence-corrected chi connectivity index (χ2v) is 3.82. The average Bonchev–Trinajstić information content (AvgIpc) is 2.66. The van der Waals surface area contributed by atoms with Crippen LogP contribution in [-0.2, 0) is 6.54 Å². The van der Waals surface area contributed by atoms with Gasteiger partial charge in [-0.15, -0.1) is 0 Å². The summed E-state index contributed by atoms with van der Waals surface area (Å²) in [6, 6.07) is 1.80. The number of rotatable bonds is 4. The molecule has 1 aliphatic rings. The van der Waals surface area contributed by atoms with Crippen LogP contribution in [0.5, 0.6) is 11.5 Å². The third-order valence-corrected chi connectivity index (χ3v) is 2.72. The first-order chi connectivity index (χ1) is 8.19. The summed E-state index contributed by atoms with van der Waals surface area (Å²) in [5.74, 6) is 0.194. The molecule has 3 N–H and O–H groups in total. The Bertz CT molecular complexity index is 423. The zero-order chi connectivity index (χ0) is 12.4.